The molecule has 2 aliphatic heterocycles. The second-order valence-electron chi connectivity index (χ2n) is 4.07. The molecule has 0 unspecified atom stereocenters. The van der Waals surface area contributed by atoms with Crippen LogP contribution in [0.2, 0.25) is 0 Å². The Morgan fingerprint density at radius 1 is 1.21 bits per heavy atom. The fourth-order valence-electron chi connectivity index (χ4n) is 2.53. The number of benzene rings is 1. The van der Waals surface area contributed by atoms with Gasteiger partial charge in [0.2, 0.25) is 0 Å². The Hall–Kier alpha value is -1.31. The van der Waals surface area contributed by atoms with Crippen LogP contribution in [-0.4, -0.2) is 23.8 Å². The Morgan fingerprint density at radius 3 is 2.93 bits per heavy atom. The third kappa shape index (κ3) is 1.14. The highest BCUT2D eigenvalue weighted by molar-refractivity contribution is 5.71. The highest BCUT2D eigenvalue weighted by atomic mass is 15.5. The quantitative estimate of drug-likeness (QED) is 0.656. The van der Waals surface area contributed by atoms with Gasteiger partial charge in [-0.05, 0) is 18.4 Å². The molecule has 2 heterocycles. The van der Waals surface area contributed by atoms with Crippen LogP contribution in [0.1, 0.15) is 24.3 Å². The SMILES string of the molecule is C1=NN2CCC[C@@H]2[C@H]1c1ccccc1. The van der Waals surface area contributed by atoms with Crippen LogP contribution in [-0.2, 0) is 0 Å². The fourth-order valence-corrected chi connectivity index (χ4v) is 2.53. The third-order valence-electron chi connectivity index (χ3n) is 3.24. The van der Waals surface area contributed by atoms with E-state index in [1.165, 1.54) is 18.4 Å². The van der Waals surface area contributed by atoms with Crippen molar-refractivity contribution in [3.05, 3.63) is 35.9 Å². The van der Waals surface area contributed by atoms with Crippen molar-refractivity contribution >= 4 is 6.21 Å². The van der Waals surface area contributed by atoms with Gasteiger partial charge >= 0.3 is 0 Å². The van der Waals surface area contributed by atoms with Gasteiger partial charge in [-0.2, -0.15) is 5.10 Å². The zero-order valence-electron chi connectivity index (χ0n) is 8.13. The maximum atomic E-state index is 4.46. The average Bonchev–Trinajstić information content (AvgIpc) is 2.79. The van der Waals surface area contributed by atoms with Crippen LogP contribution in [0.3, 0.4) is 0 Å². The Kier molecular flexibility index (Phi) is 1.79. The molecule has 2 heteroatoms. The molecule has 0 spiro atoms. The molecule has 2 atom stereocenters. The van der Waals surface area contributed by atoms with Crippen molar-refractivity contribution in [1.29, 1.82) is 0 Å². The van der Waals surface area contributed by atoms with E-state index in [-0.39, 0.29) is 0 Å². The van der Waals surface area contributed by atoms with Gasteiger partial charge in [0.1, 0.15) is 0 Å². The Bertz CT molecular complexity index is 345. The molecule has 0 aliphatic carbocycles. The van der Waals surface area contributed by atoms with E-state index in [0.717, 1.165) is 6.54 Å². The standard InChI is InChI=1S/C12H14N2/c1-2-5-10(6-3-1)11-9-13-14-8-4-7-12(11)14/h1-3,5-6,9,11-12H,4,7-8H2/t11-,12-/m1/s1. The molecule has 2 aliphatic rings. The number of fused-ring (bicyclic) bond motifs is 1. The van der Waals surface area contributed by atoms with Crippen LogP contribution >= 0.6 is 0 Å². The second kappa shape index (κ2) is 3.12. The van der Waals surface area contributed by atoms with Gasteiger partial charge < -0.3 is 0 Å². The van der Waals surface area contributed by atoms with Crippen molar-refractivity contribution in [2.24, 2.45) is 5.10 Å². The van der Waals surface area contributed by atoms with Crippen molar-refractivity contribution in [3.63, 3.8) is 0 Å². The van der Waals surface area contributed by atoms with Crippen molar-refractivity contribution in [1.82, 2.24) is 5.01 Å². The van der Waals surface area contributed by atoms with Gasteiger partial charge in [-0.1, -0.05) is 30.3 Å². The molecule has 1 saturated heterocycles. The van der Waals surface area contributed by atoms with Crippen molar-refractivity contribution in [2.45, 2.75) is 24.8 Å². The summed E-state index contributed by atoms with van der Waals surface area (Å²) < 4.78 is 0. The van der Waals surface area contributed by atoms with E-state index in [0.29, 0.717) is 12.0 Å². The zero-order chi connectivity index (χ0) is 9.38. The molecule has 1 aromatic rings. The highest BCUT2D eigenvalue weighted by Crippen LogP contribution is 2.34. The summed E-state index contributed by atoms with van der Waals surface area (Å²) in [6.07, 6.45) is 4.70. The lowest BCUT2D eigenvalue weighted by molar-refractivity contribution is 0.285. The molecule has 0 bridgehead atoms. The maximum Gasteiger partial charge on any atom is 0.0590 e. The average molecular weight is 186 g/mol. The summed E-state index contributed by atoms with van der Waals surface area (Å²) in [6.45, 7) is 1.14. The molecule has 0 amide bonds. The molecule has 0 saturated carbocycles. The number of nitrogens with zero attached hydrogens (tertiary/aromatic N) is 2. The van der Waals surface area contributed by atoms with E-state index in [1.807, 2.05) is 0 Å². The summed E-state index contributed by atoms with van der Waals surface area (Å²) in [6, 6.07) is 11.3. The smallest absolute Gasteiger partial charge is 0.0590 e. The molecule has 0 radical (unpaired) electrons. The lowest BCUT2D eigenvalue weighted by atomic mass is 9.92. The van der Waals surface area contributed by atoms with Crippen molar-refractivity contribution < 1.29 is 0 Å². The topological polar surface area (TPSA) is 15.6 Å². The van der Waals surface area contributed by atoms with Gasteiger partial charge in [0.05, 0.1) is 6.04 Å². The molecule has 2 nitrogen and oxygen atoms in total. The van der Waals surface area contributed by atoms with Crippen LogP contribution in [0.15, 0.2) is 35.4 Å². The summed E-state index contributed by atoms with van der Waals surface area (Å²) >= 11 is 0. The van der Waals surface area contributed by atoms with E-state index in [2.05, 4.69) is 46.7 Å². The van der Waals surface area contributed by atoms with Gasteiger partial charge in [0, 0.05) is 18.7 Å². The molecule has 1 aromatic carbocycles. The van der Waals surface area contributed by atoms with Crippen molar-refractivity contribution in [3.8, 4) is 0 Å². The van der Waals surface area contributed by atoms with Crippen LogP contribution in [0, 0.1) is 0 Å². The van der Waals surface area contributed by atoms with Crippen LogP contribution in [0.4, 0.5) is 0 Å². The lowest BCUT2D eigenvalue weighted by Gasteiger charge is -2.19. The fraction of sp³-hybridized carbons (Fsp3) is 0.417. The van der Waals surface area contributed by atoms with Gasteiger partial charge in [0.15, 0.2) is 0 Å². The molecule has 14 heavy (non-hydrogen) atoms. The van der Waals surface area contributed by atoms with E-state index < -0.39 is 0 Å². The van der Waals surface area contributed by atoms with Crippen molar-refractivity contribution in [2.75, 3.05) is 6.54 Å². The van der Waals surface area contributed by atoms with E-state index in [4.69, 9.17) is 0 Å². The summed E-state index contributed by atoms with van der Waals surface area (Å²) in [4.78, 5) is 0. The van der Waals surface area contributed by atoms with E-state index >= 15 is 0 Å². The minimum Gasteiger partial charge on any atom is -0.293 e. The first-order valence-corrected chi connectivity index (χ1v) is 5.31. The molecule has 1 fully saturated rings. The first-order valence-electron chi connectivity index (χ1n) is 5.31. The normalized spacial score (nSPS) is 29.6. The molecule has 72 valence electrons. The van der Waals surface area contributed by atoms with Crippen LogP contribution in [0.25, 0.3) is 0 Å². The number of rotatable bonds is 1. The Morgan fingerprint density at radius 2 is 2.07 bits per heavy atom. The van der Waals surface area contributed by atoms with Gasteiger partial charge in [-0.25, -0.2) is 0 Å². The van der Waals surface area contributed by atoms with Gasteiger partial charge in [-0.15, -0.1) is 0 Å². The molecule has 0 aromatic heterocycles. The number of hydrogen-bond acceptors (Lipinski definition) is 2. The highest BCUT2D eigenvalue weighted by Gasteiger charge is 2.34. The minimum absolute atomic E-state index is 0.527. The Labute approximate surface area is 84.2 Å². The predicted molar refractivity (Wildman–Crippen MR) is 57.4 cm³/mol. The summed E-state index contributed by atoms with van der Waals surface area (Å²) in [5, 5.41) is 6.71. The number of hydrazone groups is 1. The second-order valence-corrected chi connectivity index (χ2v) is 4.07. The van der Waals surface area contributed by atoms with Crippen LogP contribution in [0.5, 0.6) is 0 Å². The van der Waals surface area contributed by atoms with Gasteiger partial charge in [-0.3, -0.25) is 5.01 Å². The summed E-state index contributed by atoms with van der Waals surface area (Å²) in [5.41, 5.74) is 1.41. The lowest BCUT2D eigenvalue weighted by Crippen LogP contribution is -2.24. The molecule has 3 rings (SSSR count). The van der Waals surface area contributed by atoms with Crippen LogP contribution < -0.4 is 0 Å². The molecular formula is C12H14N2. The van der Waals surface area contributed by atoms with E-state index in [1.54, 1.807) is 0 Å². The third-order valence-corrected chi connectivity index (χ3v) is 3.24. The van der Waals surface area contributed by atoms with Gasteiger partial charge in [0.25, 0.3) is 0 Å². The summed E-state index contributed by atoms with van der Waals surface area (Å²) in [7, 11) is 0. The first-order chi connectivity index (χ1) is 6.95. The Balaban J connectivity index is 1.90. The zero-order valence-corrected chi connectivity index (χ0v) is 8.13. The largest absolute Gasteiger partial charge is 0.293 e. The predicted octanol–water partition coefficient (Wildman–Crippen LogP) is 2.23. The molecular weight excluding hydrogens is 172 g/mol. The first kappa shape index (κ1) is 8.04. The summed E-state index contributed by atoms with van der Waals surface area (Å²) in [5.74, 6) is 0.527. The number of hydrogen-bond donors (Lipinski definition) is 0. The maximum absolute atomic E-state index is 4.46. The minimum atomic E-state index is 0.527. The monoisotopic (exact) mass is 186 g/mol. The molecule has 0 N–H and O–H groups in total. The van der Waals surface area contributed by atoms with E-state index in [9.17, 15) is 0 Å².